The van der Waals surface area contributed by atoms with E-state index in [4.69, 9.17) is 14.2 Å². The van der Waals surface area contributed by atoms with Gasteiger partial charge in [-0.05, 0) is 56.5 Å². The van der Waals surface area contributed by atoms with Crippen LogP contribution in [0.15, 0.2) is 52.5 Å². The van der Waals surface area contributed by atoms with E-state index in [2.05, 4.69) is 32.5 Å². The summed E-state index contributed by atoms with van der Waals surface area (Å²) in [5.41, 5.74) is 1.87. The van der Waals surface area contributed by atoms with Crippen molar-refractivity contribution in [2.45, 2.75) is 70.4 Å². The van der Waals surface area contributed by atoms with Gasteiger partial charge in [-0.1, -0.05) is 49.8 Å². The fourth-order valence-electron chi connectivity index (χ4n) is 5.84. The Morgan fingerprint density at radius 2 is 2.00 bits per heavy atom. The fraction of sp³-hybridized carbons (Fsp3) is 0.519. The van der Waals surface area contributed by atoms with Crippen molar-refractivity contribution in [1.29, 1.82) is 0 Å². The lowest BCUT2D eigenvalue weighted by molar-refractivity contribution is -0.222. The average Bonchev–Trinajstić information content (AvgIpc) is 3.29. The third kappa shape index (κ3) is 4.05. The Hall–Kier alpha value is -2.73. The lowest BCUT2D eigenvalue weighted by Crippen LogP contribution is -2.58. The van der Waals surface area contributed by atoms with Crippen LogP contribution in [0, 0.1) is 11.8 Å². The highest BCUT2D eigenvalue weighted by Crippen LogP contribution is 2.61. The summed E-state index contributed by atoms with van der Waals surface area (Å²) in [5, 5.41) is 0. The van der Waals surface area contributed by atoms with Gasteiger partial charge < -0.3 is 14.2 Å². The van der Waals surface area contributed by atoms with Crippen molar-refractivity contribution in [3.8, 4) is 0 Å². The van der Waals surface area contributed by atoms with Crippen LogP contribution < -0.4 is 0 Å². The number of benzene rings is 1. The highest BCUT2D eigenvalue weighted by atomic mass is 16.6. The Balaban J connectivity index is 1.67. The van der Waals surface area contributed by atoms with Crippen LogP contribution in [0.1, 0.15) is 52.5 Å². The number of allylic oxidation sites excluding steroid dienone is 1. The maximum atomic E-state index is 13.0. The molecular formula is C27H33NO5. The number of hydrogen-bond donors (Lipinski definition) is 0. The molecule has 2 saturated heterocycles. The topological polar surface area (TPSA) is 74.2 Å². The van der Waals surface area contributed by atoms with E-state index in [0.717, 1.165) is 24.0 Å². The van der Waals surface area contributed by atoms with E-state index in [1.807, 2.05) is 37.3 Å². The third-order valence-corrected chi connectivity index (χ3v) is 7.59. The minimum Gasteiger partial charge on any atom is -0.458 e. The second kappa shape index (κ2) is 8.90. The molecule has 2 fully saturated rings. The summed E-state index contributed by atoms with van der Waals surface area (Å²) in [6, 6.07) is 9.65. The molecule has 1 aromatic carbocycles. The second-order valence-electron chi connectivity index (χ2n) is 9.85. The Kier molecular flexibility index (Phi) is 6.32. The van der Waals surface area contributed by atoms with E-state index in [0.29, 0.717) is 6.42 Å². The van der Waals surface area contributed by atoms with Crippen molar-refractivity contribution < 1.29 is 23.8 Å². The average molecular weight is 452 g/mol. The standard InChI is InChI=1S/C27H33NO5/c1-17(2)27-15-21(31-23(30)16-28-5)26(4,33-27)20-13-11-18(3)24(20)25(27)32-22(29)14-12-19-9-7-6-8-10-19/h6-10,12,14,17,20-21,25H,5,11,13,15-16H2,1-4H3/b14-12+/t20-,21-,25+,26+,27-/m1/s1. The van der Waals surface area contributed by atoms with Crippen LogP contribution in [0.5, 0.6) is 0 Å². The molecule has 2 bridgehead atoms. The summed E-state index contributed by atoms with van der Waals surface area (Å²) in [7, 11) is 0. The highest BCUT2D eigenvalue weighted by Gasteiger charge is 2.70. The third-order valence-electron chi connectivity index (χ3n) is 7.59. The molecule has 6 heteroatoms. The Morgan fingerprint density at radius 1 is 1.27 bits per heavy atom. The van der Waals surface area contributed by atoms with Crippen LogP contribution in [0.2, 0.25) is 0 Å². The van der Waals surface area contributed by atoms with Gasteiger partial charge in [0.2, 0.25) is 0 Å². The minimum atomic E-state index is -0.769. The molecule has 0 amide bonds. The first-order valence-corrected chi connectivity index (χ1v) is 11.7. The molecule has 33 heavy (non-hydrogen) atoms. The summed E-state index contributed by atoms with van der Waals surface area (Å²) in [6.07, 6.45) is 4.53. The number of nitrogens with zero attached hydrogens (tertiary/aromatic N) is 1. The molecule has 6 nitrogen and oxygen atoms in total. The van der Waals surface area contributed by atoms with Gasteiger partial charge in [-0.15, -0.1) is 0 Å². The van der Waals surface area contributed by atoms with E-state index in [1.165, 1.54) is 11.6 Å². The van der Waals surface area contributed by atoms with Crippen molar-refractivity contribution in [1.82, 2.24) is 0 Å². The van der Waals surface area contributed by atoms with Crippen LogP contribution in [0.3, 0.4) is 0 Å². The van der Waals surface area contributed by atoms with E-state index in [-0.39, 0.29) is 18.4 Å². The zero-order valence-corrected chi connectivity index (χ0v) is 19.9. The van der Waals surface area contributed by atoms with E-state index >= 15 is 0 Å². The SMILES string of the molecule is C=NCC(=O)O[C@@H]1C[C@]2(C(C)C)O[C@@]1(C)[C@@H]1CCC(C)=C1[C@@H]2OC(=O)/C=C/c1ccccc1. The summed E-state index contributed by atoms with van der Waals surface area (Å²) in [5.74, 6) is -0.753. The van der Waals surface area contributed by atoms with Crippen LogP contribution >= 0.6 is 0 Å². The molecule has 0 unspecified atom stereocenters. The van der Waals surface area contributed by atoms with Gasteiger partial charge in [0.25, 0.3) is 0 Å². The number of fused-ring (bicyclic) bond motifs is 4. The number of hydrogen-bond acceptors (Lipinski definition) is 6. The van der Waals surface area contributed by atoms with Gasteiger partial charge in [-0.25, -0.2) is 4.79 Å². The molecule has 4 rings (SSSR count). The van der Waals surface area contributed by atoms with E-state index in [1.54, 1.807) is 6.08 Å². The molecule has 1 aliphatic carbocycles. The smallest absolute Gasteiger partial charge is 0.331 e. The predicted molar refractivity (Wildman–Crippen MR) is 127 cm³/mol. The summed E-state index contributed by atoms with van der Waals surface area (Å²) in [6.45, 7) is 11.6. The van der Waals surface area contributed by atoms with Crippen molar-refractivity contribution in [2.24, 2.45) is 16.8 Å². The molecule has 0 radical (unpaired) electrons. The molecule has 2 heterocycles. The first kappa shape index (κ1) is 23.4. The Morgan fingerprint density at radius 3 is 2.67 bits per heavy atom. The molecular weight excluding hydrogens is 418 g/mol. The lowest BCUT2D eigenvalue weighted by Gasteiger charge is -2.50. The normalized spacial score (nSPS) is 32.8. The lowest BCUT2D eigenvalue weighted by atomic mass is 9.74. The molecule has 176 valence electrons. The van der Waals surface area contributed by atoms with Crippen LogP contribution in [-0.2, 0) is 23.8 Å². The monoisotopic (exact) mass is 451 g/mol. The highest BCUT2D eigenvalue weighted by molar-refractivity contribution is 5.87. The molecule has 5 atom stereocenters. The number of ether oxygens (including phenoxy) is 3. The minimum absolute atomic E-state index is 0.0252. The number of carbonyl (C=O) groups excluding carboxylic acids is 2. The molecule has 0 N–H and O–H groups in total. The largest absolute Gasteiger partial charge is 0.458 e. The maximum Gasteiger partial charge on any atom is 0.331 e. The number of esters is 2. The zero-order valence-electron chi connectivity index (χ0n) is 19.9. The summed E-state index contributed by atoms with van der Waals surface area (Å²) >= 11 is 0. The quantitative estimate of drug-likeness (QED) is 0.263. The van der Waals surface area contributed by atoms with Crippen molar-refractivity contribution in [3.05, 3.63) is 53.1 Å². The first-order valence-electron chi connectivity index (χ1n) is 11.7. The number of aliphatic imine (C=N–C) groups is 1. The Labute approximate surface area is 195 Å². The Bertz CT molecular complexity index is 997. The first-order chi connectivity index (χ1) is 15.7. The zero-order chi connectivity index (χ0) is 23.8. The van der Waals surface area contributed by atoms with E-state index in [9.17, 15) is 9.59 Å². The molecule has 2 aliphatic heterocycles. The maximum absolute atomic E-state index is 13.0. The molecule has 1 aromatic rings. The van der Waals surface area contributed by atoms with Crippen LogP contribution in [0.4, 0.5) is 0 Å². The van der Waals surface area contributed by atoms with Gasteiger partial charge in [-0.2, -0.15) is 0 Å². The van der Waals surface area contributed by atoms with Gasteiger partial charge in [0.1, 0.15) is 23.9 Å². The second-order valence-corrected chi connectivity index (χ2v) is 9.85. The molecule has 3 aliphatic rings. The fourth-order valence-corrected chi connectivity index (χ4v) is 5.84. The number of rotatable bonds is 7. The van der Waals surface area contributed by atoms with Crippen molar-refractivity contribution in [2.75, 3.05) is 6.54 Å². The van der Waals surface area contributed by atoms with Crippen molar-refractivity contribution in [3.63, 3.8) is 0 Å². The molecule has 0 aromatic heterocycles. The van der Waals surface area contributed by atoms with Crippen molar-refractivity contribution >= 4 is 24.7 Å². The summed E-state index contributed by atoms with van der Waals surface area (Å²) in [4.78, 5) is 28.9. The van der Waals surface area contributed by atoms with Gasteiger partial charge >= 0.3 is 11.9 Å². The summed E-state index contributed by atoms with van der Waals surface area (Å²) < 4.78 is 18.8. The number of carbonyl (C=O) groups is 2. The molecule has 0 spiro atoms. The van der Waals surface area contributed by atoms with E-state index < -0.39 is 35.3 Å². The van der Waals surface area contributed by atoms with Crippen LogP contribution in [0.25, 0.3) is 6.08 Å². The van der Waals surface area contributed by atoms with Crippen LogP contribution in [-0.4, -0.2) is 48.6 Å². The molecule has 0 saturated carbocycles. The van der Waals surface area contributed by atoms with Gasteiger partial charge in [0.15, 0.2) is 6.10 Å². The van der Waals surface area contributed by atoms with Gasteiger partial charge in [-0.3, -0.25) is 9.79 Å². The van der Waals surface area contributed by atoms with Gasteiger partial charge in [0, 0.05) is 18.4 Å². The van der Waals surface area contributed by atoms with Gasteiger partial charge in [0.05, 0.1) is 0 Å². The predicted octanol–water partition coefficient (Wildman–Crippen LogP) is 4.54.